The number of rotatable bonds is 4. The Morgan fingerprint density at radius 3 is 1.83 bits per heavy atom. The maximum absolute atomic E-state index is 12.8. The fourth-order valence-electron chi connectivity index (χ4n) is 2.43. The Bertz CT molecular complexity index is 767. The van der Waals surface area contributed by atoms with Crippen molar-refractivity contribution >= 4 is 29.0 Å². The van der Waals surface area contributed by atoms with Crippen LogP contribution in [0.15, 0.2) is 84.9 Å². The molecule has 1 N–H and O–H groups in total. The molecule has 120 valence electrons. The van der Waals surface area contributed by atoms with Crippen LogP contribution < -0.4 is 10.2 Å². The summed E-state index contributed by atoms with van der Waals surface area (Å²) in [5.41, 5.74) is 2.49. The second kappa shape index (κ2) is 7.66. The Morgan fingerprint density at radius 2 is 1.29 bits per heavy atom. The Hall–Kier alpha value is -2.78. The number of hydrogen-bond acceptors (Lipinski definition) is 1. The number of amides is 2. The predicted octanol–water partition coefficient (Wildman–Crippen LogP) is 5.39. The lowest BCUT2D eigenvalue weighted by atomic mass is 10.2. The summed E-state index contributed by atoms with van der Waals surface area (Å²) in [7, 11) is 0. The Morgan fingerprint density at radius 1 is 0.792 bits per heavy atom. The van der Waals surface area contributed by atoms with Crippen molar-refractivity contribution in [3.8, 4) is 0 Å². The van der Waals surface area contributed by atoms with Gasteiger partial charge in [0.05, 0.1) is 11.4 Å². The third-order valence-corrected chi connectivity index (χ3v) is 3.99. The van der Waals surface area contributed by atoms with Crippen LogP contribution in [0.25, 0.3) is 0 Å². The maximum Gasteiger partial charge on any atom is 0.326 e. The van der Waals surface area contributed by atoms with Crippen molar-refractivity contribution in [3.63, 3.8) is 0 Å². The van der Waals surface area contributed by atoms with Gasteiger partial charge in [-0.2, -0.15) is 0 Å². The molecular weight excluding hydrogens is 320 g/mol. The summed E-state index contributed by atoms with van der Waals surface area (Å²) >= 11 is 6.16. The molecule has 0 bridgehead atoms. The largest absolute Gasteiger partial charge is 0.333 e. The summed E-state index contributed by atoms with van der Waals surface area (Å²) in [6, 6.07) is 26.4. The fourth-order valence-corrected chi connectivity index (χ4v) is 2.63. The number of halogens is 1. The van der Waals surface area contributed by atoms with Crippen LogP contribution in [-0.2, 0) is 6.54 Å². The molecule has 0 saturated heterocycles. The smallest absolute Gasteiger partial charge is 0.326 e. The number of anilines is 2. The zero-order valence-corrected chi connectivity index (χ0v) is 13.8. The van der Waals surface area contributed by atoms with Crippen LogP contribution in [0.2, 0.25) is 5.02 Å². The van der Waals surface area contributed by atoms with Crippen molar-refractivity contribution in [1.82, 2.24) is 5.32 Å². The summed E-state index contributed by atoms with van der Waals surface area (Å²) in [5, 5.41) is 3.58. The van der Waals surface area contributed by atoms with E-state index >= 15 is 0 Å². The van der Waals surface area contributed by atoms with E-state index in [1.807, 2.05) is 84.9 Å². The molecule has 0 saturated carbocycles. The standard InChI is InChI=1S/C20H17ClN2O/c21-19-14-8-7-9-16(19)15-22-20(24)23(17-10-3-1-4-11-17)18-12-5-2-6-13-18/h1-14H,15H2,(H,22,24). The molecule has 3 aromatic rings. The lowest BCUT2D eigenvalue weighted by Crippen LogP contribution is -2.36. The molecule has 4 heteroatoms. The minimum atomic E-state index is -0.202. The van der Waals surface area contributed by atoms with Crippen molar-refractivity contribution in [2.45, 2.75) is 6.54 Å². The highest BCUT2D eigenvalue weighted by Crippen LogP contribution is 2.25. The van der Waals surface area contributed by atoms with Gasteiger partial charge < -0.3 is 5.32 Å². The first kappa shape index (κ1) is 16.1. The van der Waals surface area contributed by atoms with Crippen molar-refractivity contribution < 1.29 is 4.79 Å². The number of para-hydroxylation sites is 2. The van der Waals surface area contributed by atoms with Gasteiger partial charge in [-0.1, -0.05) is 66.2 Å². The van der Waals surface area contributed by atoms with Gasteiger partial charge in [-0.3, -0.25) is 4.90 Å². The number of carbonyl (C=O) groups excluding carboxylic acids is 1. The molecule has 0 atom stereocenters. The predicted molar refractivity (Wildman–Crippen MR) is 98.7 cm³/mol. The van der Waals surface area contributed by atoms with Crippen molar-refractivity contribution in [2.24, 2.45) is 0 Å². The Kier molecular flexibility index (Phi) is 5.14. The molecule has 3 nitrogen and oxygen atoms in total. The van der Waals surface area contributed by atoms with Crippen LogP contribution in [0.3, 0.4) is 0 Å². The van der Waals surface area contributed by atoms with Crippen LogP contribution in [-0.4, -0.2) is 6.03 Å². The molecule has 3 rings (SSSR count). The molecule has 0 radical (unpaired) electrons. The normalized spacial score (nSPS) is 10.2. The summed E-state index contributed by atoms with van der Waals surface area (Å²) in [4.78, 5) is 14.5. The van der Waals surface area contributed by atoms with Crippen molar-refractivity contribution in [2.75, 3.05) is 4.90 Å². The van der Waals surface area contributed by atoms with Gasteiger partial charge in [0.1, 0.15) is 0 Å². The third kappa shape index (κ3) is 3.76. The topological polar surface area (TPSA) is 32.3 Å². The number of nitrogens with zero attached hydrogens (tertiary/aromatic N) is 1. The molecule has 0 unspecified atom stereocenters. The molecule has 0 heterocycles. The molecule has 0 spiro atoms. The van der Waals surface area contributed by atoms with Crippen LogP contribution in [0.1, 0.15) is 5.56 Å². The average Bonchev–Trinajstić information content (AvgIpc) is 2.63. The highest BCUT2D eigenvalue weighted by atomic mass is 35.5. The Balaban J connectivity index is 1.83. The van der Waals surface area contributed by atoms with Gasteiger partial charge in [-0.25, -0.2) is 4.79 Å². The monoisotopic (exact) mass is 336 g/mol. The van der Waals surface area contributed by atoms with Gasteiger partial charge in [0, 0.05) is 11.6 Å². The number of benzene rings is 3. The summed E-state index contributed by atoms with van der Waals surface area (Å²) in [5.74, 6) is 0. The molecule has 0 fully saturated rings. The maximum atomic E-state index is 12.8. The van der Waals surface area contributed by atoms with Gasteiger partial charge >= 0.3 is 6.03 Å². The first-order valence-electron chi connectivity index (χ1n) is 7.67. The zero-order chi connectivity index (χ0) is 16.8. The van der Waals surface area contributed by atoms with E-state index in [-0.39, 0.29) is 6.03 Å². The molecule has 3 aromatic carbocycles. The van der Waals surface area contributed by atoms with Crippen LogP contribution >= 0.6 is 11.6 Å². The Labute approximate surface area is 146 Å². The van der Waals surface area contributed by atoms with Gasteiger partial charge in [0.25, 0.3) is 0 Å². The van der Waals surface area contributed by atoms with Gasteiger partial charge in [-0.15, -0.1) is 0 Å². The SMILES string of the molecule is O=C(NCc1ccccc1Cl)N(c1ccccc1)c1ccccc1. The highest BCUT2D eigenvalue weighted by molar-refractivity contribution is 6.31. The van der Waals surface area contributed by atoms with E-state index in [0.29, 0.717) is 11.6 Å². The van der Waals surface area contributed by atoms with E-state index in [1.165, 1.54) is 0 Å². The zero-order valence-electron chi connectivity index (χ0n) is 13.0. The number of urea groups is 1. The third-order valence-electron chi connectivity index (χ3n) is 3.62. The molecule has 0 aliphatic heterocycles. The molecule has 0 aliphatic carbocycles. The molecule has 24 heavy (non-hydrogen) atoms. The second-order valence-corrected chi connectivity index (χ2v) is 5.66. The highest BCUT2D eigenvalue weighted by Gasteiger charge is 2.17. The molecular formula is C20H17ClN2O. The fraction of sp³-hybridized carbons (Fsp3) is 0.0500. The van der Waals surface area contributed by atoms with Gasteiger partial charge in [-0.05, 0) is 35.9 Å². The van der Waals surface area contributed by atoms with Crippen molar-refractivity contribution in [1.29, 1.82) is 0 Å². The van der Waals surface area contributed by atoms with Crippen LogP contribution in [0, 0.1) is 0 Å². The van der Waals surface area contributed by atoms with Crippen LogP contribution in [0.4, 0.5) is 16.2 Å². The van der Waals surface area contributed by atoms with E-state index in [0.717, 1.165) is 16.9 Å². The second-order valence-electron chi connectivity index (χ2n) is 5.26. The van der Waals surface area contributed by atoms with E-state index in [2.05, 4.69) is 5.32 Å². The lowest BCUT2D eigenvalue weighted by Gasteiger charge is -2.23. The van der Waals surface area contributed by atoms with E-state index < -0.39 is 0 Å². The minimum Gasteiger partial charge on any atom is -0.333 e. The number of nitrogens with one attached hydrogen (secondary N) is 1. The molecule has 2 amide bonds. The van der Waals surface area contributed by atoms with E-state index in [9.17, 15) is 4.79 Å². The van der Waals surface area contributed by atoms with Gasteiger partial charge in [0.2, 0.25) is 0 Å². The van der Waals surface area contributed by atoms with E-state index in [1.54, 1.807) is 4.90 Å². The first-order chi connectivity index (χ1) is 11.8. The lowest BCUT2D eigenvalue weighted by molar-refractivity contribution is 0.248. The summed E-state index contributed by atoms with van der Waals surface area (Å²) < 4.78 is 0. The summed E-state index contributed by atoms with van der Waals surface area (Å²) in [6.07, 6.45) is 0. The number of carbonyl (C=O) groups is 1. The van der Waals surface area contributed by atoms with E-state index in [4.69, 9.17) is 11.6 Å². The van der Waals surface area contributed by atoms with Crippen molar-refractivity contribution in [3.05, 3.63) is 95.5 Å². The minimum absolute atomic E-state index is 0.202. The van der Waals surface area contributed by atoms with Gasteiger partial charge in [0.15, 0.2) is 0 Å². The first-order valence-corrected chi connectivity index (χ1v) is 8.05. The quantitative estimate of drug-likeness (QED) is 0.680. The van der Waals surface area contributed by atoms with Crippen LogP contribution in [0.5, 0.6) is 0 Å². The molecule has 0 aromatic heterocycles. The number of hydrogen-bond donors (Lipinski definition) is 1. The molecule has 0 aliphatic rings. The average molecular weight is 337 g/mol. The summed E-state index contributed by atoms with van der Waals surface area (Å²) in [6.45, 7) is 0.370.